The van der Waals surface area contributed by atoms with Crippen LogP contribution in [0.2, 0.25) is 0 Å². The Morgan fingerprint density at radius 1 is 1.30 bits per heavy atom. The minimum Gasteiger partial charge on any atom is -0.467 e. The standard InChI is InChI=1S/C18H21N5O4/c1-11-19-15-14(23(11)9-12-7-5-4-6-8-12)16(25)22(2)18(21-15)20-13(10-24)17(26)27-3/h4-8,13,24H,9-10H2,1-3H3,(H,20,21). The van der Waals surface area contributed by atoms with Crippen molar-refractivity contribution in [3.63, 3.8) is 0 Å². The summed E-state index contributed by atoms with van der Waals surface area (Å²) >= 11 is 0. The van der Waals surface area contributed by atoms with Gasteiger partial charge >= 0.3 is 5.97 Å². The van der Waals surface area contributed by atoms with Crippen LogP contribution in [0.1, 0.15) is 11.4 Å². The number of methoxy groups -OCH3 is 1. The van der Waals surface area contributed by atoms with Gasteiger partial charge in [0.2, 0.25) is 5.95 Å². The first-order valence-electron chi connectivity index (χ1n) is 8.39. The average molecular weight is 371 g/mol. The van der Waals surface area contributed by atoms with E-state index in [0.29, 0.717) is 17.9 Å². The summed E-state index contributed by atoms with van der Waals surface area (Å²) in [6.07, 6.45) is 0. The molecule has 0 bridgehead atoms. The van der Waals surface area contributed by atoms with E-state index >= 15 is 0 Å². The monoisotopic (exact) mass is 371 g/mol. The van der Waals surface area contributed by atoms with Crippen LogP contribution in [0.15, 0.2) is 35.1 Å². The number of fused-ring (bicyclic) bond motifs is 1. The summed E-state index contributed by atoms with van der Waals surface area (Å²) in [5, 5.41) is 12.1. The zero-order valence-corrected chi connectivity index (χ0v) is 15.3. The number of carbonyl (C=O) groups is 1. The molecule has 0 spiro atoms. The van der Waals surface area contributed by atoms with Crippen molar-refractivity contribution >= 4 is 23.1 Å². The van der Waals surface area contributed by atoms with Crippen LogP contribution >= 0.6 is 0 Å². The van der Waals surface area contributed by atoms with Gasteiger partial charge in [-0.1, -0.05) is 30.3 Å². The number of aliphatic hydroxyl groups excluding tert-OH is 1. The topological polar surface area (TPSA) is 111 Å². The maximum atomic E-state index is 12.9. The Kier molecular flexibility index (Phi) is 5.22. The number of ether oxygens (including phenoxy) is 1. The van der Waals surface area contributed by atoms with Crippen molar-refractivity contribution in [2.24, 2.45) is 7.05 Å². The van der Waals surface area contributed by atoms with Crippen LogP contribution < -0.4 is 10.9 Å². The number of carbonyl (C=O) groups excluding carboxylic acids is 1. The minimum absolute atomic E-state index is 0.126. The van der Waals surface area contributed by atoms with E-state index in [0.717, 1.165) is 5.56 Å². The molecule has 0 saturated heterocycles. The Morgan fingerprint density at radius 2 is 2.00 bits per heavy atom. The van der Waals surface area contributed by atoms with E-state index < -0.39 is 18.6 Å². The van der Waals surface area contributed by atoms with Crippen LogP contribution in [0.25, 0.3) is 11.2 Å². The second-order valence-electron chi connectivity index (χ2n) is 6.11. The predicted octanol–water partition coefficient (Wildman–Crippen LogP) is 0.433. The SMILES string of the molecule is COC(=O)C(CO)Nc1nc2nc(C)n(Cc3ccccc3)c2c(=O)n1C. The Hall–Kier alpha value is -3.20. The van der Waals surface area contributed by atoms with Gasteiger partial charge in [-0.25, -0.2) is 9.78 Å². The molecule has 2 heterocycles. The highest BCUT2D eigenvalue weighted by molar-refractivity contribution is 5.79. The average Bonchev–Trinajstić information content (AvgIpc) is 2.99. The summed E-state index contributed by atoms with van der Waals surface area (Å²) in [4.78, 5) is 33.4. The zero-order chi connectivity index (χ0) is 19.6. The molecule has 1 aromatic carbocycles. The highest BCUT2D eigenvalue weighted by Crippen LogP contribution is 2.15. The Labute approximate surface area is 155 Å². The third kappa shape index (κ3) is 3.54. The van der Waals surface area contributed by atoms with Crippen molar-refractivity contribution < 1.29 is 14.6 Å². The largest absolute Gasteiger partial charge is 0.467 e. The van der Waals surface area contributed by atoms with Crippen molar-refractivity contribution in [3.8, 4) is 0 Å². The number of imidazole rings is 1. The lowest BCUT2D eigenvalue weighted by Crippen LogP contribution is -2.37. The molecule has 9 nitrogen and oxygen atoms in total. The van der Waals surface area contributed by atoms with E-state index in [9.17, 15) is 14.7 Å². The molecule has 2 N–H and O–H groups in total. The summed E-state index contributed by atoms with van der Waals surface area (Å²) in [5.41, 5.74) is 1.38. The van der Waals surface area contributed by atoms with E-state index in [4.69, 9.17) is 0 Å². The van der Waals surface area contributed by atoms with Gasteiger partial charge in [0.05, 0.1) is 13.7 Å². The predicted molar refractivity (Wildman–Crippen MR) is 99.6 cm³/mol. The number of aliphatic hydroxyl groups is 1. The number of nitrogens with zero attached hydrogens (tertiary/aromatic N) is 4. The van der Waals surface area contributed by atoms with Crippen molar-refractivity contribution in [2.75, 3.05) is 19.0 Å². The van der Waals surface area contributed by atoms with Crippen LogP contribution in [0, 0.1) is 6.92 Å². The van der Waals surface area contributed by atoms with E-state index in [2.05, 4.69) is 20.0 Å². The first-order chi connectivity index (χ1) is 13.0. The van der Waals surface area contributed by atoms with E-state index in [-0.39, 0.29) is 17.2 Å². The van der Waals surface area contributed by atoms with E-state index in [1.807, 2.05) is 41.8 Å². The molecule has 0 radical (unpaired) electrons. The highest BCUT2D eigenvalue weighted by atomic mass is 16.5. The van der Waals surface area contributed by atoms with Crippen LogP contribution in [0.3, 0.4) is 0 Å². The number of aryl methyl sites for hydroxylation is 1. The lowest BCUT2D eigenvalue weighted by atomic mass is 10.2. The van der Waals surface area contributed by atoms with Crippen molar-refractivity contribution in [1.82, 2.24) is 19.1 Å². The molecule has 27 heavy (non-hydrogen) atoms. The number of hydrogen-bond donors (Lipinski definition) is 2. The maximum Gasteiger partial charge on any atom is 0.330 e. The van der Waals surface area contributed by atoms with E-state index in [1.54, 1.807) is 0 Å². The highest BCUT2D eigenvalue weighted by Gasteiger charge is 2.22. The van der Waals surface area contributed by atoms with Crippen molar-refractivity contribution in [2.45, 2.75) is 19.5 Å². The molecule has 2 aromatic heterocycles. The summed E-state index contributed by atoms with van der Waals surface area (Å²) in [6.45, 7) is 1.80. The quantitative estimate of drug-likeness (QED) is 0.605. The van der Waals surface area contributed by atoms with Crippen LogP contribution in [-0.2, 0) is 23.1 Å². The third-order valence-electron chi connectivity index (χ3n) is 4.33. The number of esters is 1. The molecule has 0 aliphatic rings. The Balaban J connectivity index is 2.06. The molecule has 1 atom stereocenters. The second kappa shape index (κ2) is 7.58. The molecule has 3 aromatic rings. The van der Waals surface area contributed by atoms with Crippen molar-refractivity contribution in [3.05, 3.63) is 52.1 Å². The van der Waals surface area contributed by atoms with Crippen LogP contribution in [0.4, 0.5) is 5.95 Å². The second-order valence-corrected chi connectivity index (χ2v) is 6.11. The number of rotatable bonds is 6. The Morgan fingerprint density at radius 3 is 2.63 bits per heavy atom. The number of nitrogens with one attached hydrogen (secondary N) is 1. The number of benzene rings is 1. The van der Waals surface area contributed by atoms with Gasteiger partial charge in [-0.2, -0.15) is 4.98 Å². The fraction of sp³-hybridized carbons (Fsp3) is 0.333. The molecule has 0 aliphatic carbocycles. The first-order valence-corrected chi connectivity index (χ1v) is 8.39. The lowest BCUT2D eigenvalue weighted by Gasteiger charge is -2.16. The van der Waals surface area contributed by atoms with Gasteiger partial charge in [0, 0.05) is 13.6 Å². The number of anilines is 1. The summed E-state index contributed by atoms with van der Waals surface area (Å²) in [7, 11) is 2.76. The molecule has 0 aliphatic heterocycles. The van der Waals surface area contributed by atoms with Gasteiger partial charge in [-0.15, -0.1) is 0 Å². The van der Waals surface area contributed by atoms with Gasteiger partial charge in [0.1, 0.15) is 5.82 Å². The van der Waals surface area contributed by atoms with Crippen LogP contribution in [-0.4, -0.2) is 49.9 Å². The lowest BCUT2D eigenvalue weighted by molar-refractivity contribution is -0.142. The van der Waals surface area contributed by atoms with Gasteiger partial charge in [-0.05, 0) is 12.5 Å². The number of hydrogen-bond acceptors (Lipinski definition) is 7. The molecular weight excluding hydrogens is 350 g/mol. The fourth-order valence-corrected chi connectivity index (χ4v) is 2.83. The molecule has 0 amide bonds. The third-order valence-corrected chi connectivity index (χ3v) is 4.33. The minimum atomic E-state index is -1.03. The molecule has 1 unspecified atom stereocenters. The first kappa shape index (κ1) is 18.6. The molecular formula is C18H21N5O4. The molecule has 3 rings (SSSR count). The smallest absolute Gasteiger partial charge is 0.330 e. The van der Waals surface area contributed by atoms with Crippen LogP contribution in [0.5, 0.6) is 0 Å². The molecule has 0 saturated carbocycles. The molecule has 9 heteroatoms. The summed E-state index contributed by atoms with van der Waals surface area (Å²) in [5.74, 6) is 0.126. The molecule has 0 fully saturated rings. The van der Waals surface area contributed by atoms with Gasteiger partial charge < -0.3 is 19.7 Å². The summed E-state index contributed by atoms with van der Waals surface area (Å²) in [6, 6.07) is 8.72. The number of aromatic nitrogens is 4. The van der Waals surface area contributed by atoms with E-state index in [1.165, 1.54) is 18.7 Å². The van der Waals surface area contributed by atoms with Gasteiger partial charge in [0.15, 0.2) is 17.2 Å². The fourth-order valence-electron chi connectivity index (χ4n) is 2.83. The Bertz CT molecular complexity index is 1030. The van der Waals surface area contributed by atoms with Gasteiger partial charge in [0.25, 0.3) is 5.56 Å². The summed E-state index contributed by atoms with van der Waals surface area (Å²) < 4.78 is 7.73. The van der Waals surface area contributed by atoms with Gasteiger partial charge in [-0.3, -0.25) is 9.36 Å². The molecule has 142 valence electrons. The maximum absolute atomic E-state index is 12.9. The van der Waals surface area contributed by atoms with Crippen molar-refractivity contribution in [1.29, 1.82) is 0 Å². The zero-order valence-electron chi connectivity index (χ0n) is 15.3. The normalized spacial score (nSPS) is 12.1.